The zero-order valence-corrected chi connectivity index (χ0v) is 17.2. The molecule has 3 N–H and O–H groups in total. The molecule has 132 valence electrons. The van der Waals surface area contributed by atoms with Crippen molar-refractivity contribution in [1.29, 1.82) is 0 Å². The van der Waals surface area contributed by atoms with Gasteiger partial charge in [0, 0.05) is 44.0 Å². The molecule has 1 aliphatic rings. The number of morpholine rings is 1. The molecule has 1 aromatic heterocycles. The highest BCUT2D eigenvalue weighted by Crippen LogP contribution is 2.16. The molecule has 6 nitrogen and oxygen atoms in total. The smallest absolute Gasteiger partial charge is 0.188 e. The van der Waals surface area contributed by atoms with Crippen molar-refractivity contribution in [3.05, 3.63) is 15.6 Å². The Labute approximate surface area is 159 Å². The lowest BCUT2D eigenvalue weighted by atomic mass is 10.3. The largest absolute Gasteiger partial charge is 0.379 e. The molecule has 0 spiro atoms. The first kappa shape index (κ1) is 20.6. The summed E-state index contributed by atoms with van der Waals surface area (Å²) >= 11 is 1.76. The third-order valence-corrected chi connectivity index (χ3v) is 4.81. The molecule has 8 heteroatoms. The third-order valence-electron chi connectivity index (χ3n) is 3.68. The van der Waals surface area contributed by atoms with E-state index in [2.05, 4.69) is 27.1 Å². The number of hydrogen-bond donors (Lipinski definition) is 2. The number of rotatable bonds is 7. The first-order chi connectivity index (χ1) is 10.6. The quantitative estimate of drug-likeness (QED) is 0.284. The van der Waals surface area contributed by atoms with Gasteiger partial charge in [0.15, 0.2) is 5.96 Å². The molecule has 0 atom stereocenters. The third kappa shape index (κ3) is 7.77. The first-order valence-corrected chi connectivity index (χ1v) is 8.73. The second-order valence-corrected chi connectivity index (χ2v) is 6.78. The van der Waals surface area contributed by atoms with Crippen LogP contribution in [0, 0.1) is 13.8 Å². The minimum Gasteiger partial charge on any atom is -0.379 e. The Bertz CT molecular complexity index is 488. The van der Waals surface area contributed by atoms with Gasteiger partial charge in [0.05, 0.1) is 23.9 Å². The highest BCUT2D eigenvalue weighted by atomic mass is 127. The van der Waals surface area contributed by atoms with Gasteiger partial charge in [-0.15, -0.1) is 35.3 Å². The van der Waals surface area contributed by atoms with Gasteiger partial charge in [0.25, 0.3) is 0 Å². The maximum Gasteiger partial charge on any atom is 0.188 e. The van der Waals surface area contributed by atoms with Gasteiger partial charge in [0.2, 0.25) is 0 Å². The average Bonchev–Trinajstić information content (AvgIpc) is 2.83. The van der Waals surface area contributed by atoms with Crippen molar-refractivity contribution in [3.63, 3.8) is 0 Å². The van der Waals surface area contributed by atoms with Gasteiger partial charge in [-0.05, 0) is 20.3 Å². The lowest BCUT2D eigenvalue weighted by Crippen LogP contribution is -2.37. The van der Waals surface area contributed by atoms with Crippen LogP contribution in [0.4, 0.5) is 0 Å². The second kappa shape index (κ2) is 11.2. The summed E-state index contributed by atoms with van der Waals surface area (Å²) in [6, 6.07) is 0. The van der Waals surface area contributed by atoms with E-state index in [1.807, 2.05) is 6.92 Å². The van der Waals surface area contributed by atoms with E-state index in [0.29, 0.717) is 5.96 Å². The van der Waals surface area contributed by atoms with Crippen molar-refractivity contribution in [2.24, 2.45) is 10.7 Å². The van der Waals surface area contributed by atoms with Crippen LogP contribution in [-0.4, -0.2) is 61.8 Å². The minimum atomic E-state index is 0. The fourth-order valence-electron chi connectivity index (χ4n) is 2.48. The molecule has 0 saturated carbocycles. The van der Waals surface area contributed by atoms with E-state index < -0.39 is 0 Å². The summed E-state index contributed by atoms with van der Waals surface area (Å²) in [6.45, 7) is 10.5. The normalized spacial score (nSPS) is 16.2. The Kier molecular flexibility index (Phi) is 10.00. The Balaban J connectivity index is 0.00000264. The molecule has 0 bridgehead atoms. The lowest BCUT2D eigenvalue weighted by Gasteiger charge is -2.26. The Morgan fingerprint density at radius 3 is 2.78 bits per heavy atom. The average molecular weight is 453 g/mol. The molecule has 23 heavy (non-hydrogen) atoms. The first-order valence-electron chi connectivity index (χ1n) is 7.92. The number of nitrogens with one attached hydrogen (secondary N) is 1. The fourth-order valence-corrected chi connectivity index (χ4v) is 3.42. The molecule has 2 rings (SSSR count). The summed E-state index contributed by atoms with van der Waals surface area (Å²) < 4.78 is 5.33. The van der Waals surface area contributed by atoms with Crippen LogP contribution in [0.1, 0.15) is 22.0 Å². The number of hydrogen-bond acceptors (Lipinski definition) is 5. The minimum absolute atomic E-state index is 0. The van der Waals surface area contributed by atoms with E-state index in [1.165, 1.54) is 4.88 Å². The van der Waals surface area contributed by atoms with E-state index in [1.54, 1.807) is 11.3 Å². The second-order valence-electron chi connectivity index (χ2n) is 5.49. The van der Waals surface area contributed by atoms with E-state index in [4.69, 9.17) is 10.5 Å². The molecular formula is C15H28IN5OS. The van der Waals surface area contributed by atoms with Crippen LogP contribution >= 0.6 is 35.3 Å². The van der Waals surface area contributed by atoms with Crippen molar-refractivity contribution < 1.29 is 4.74 Å². The predicted octanol–water partition coefficient (Wildman–Crippen LogP) is 1.55. The van der Waals surface area contributed by atoms with E-state index in [-0.39, 0.29) is 24.0 Å². The molecule has 1 aromatic rings. The highest BCUT2D eigenvalue weighted by Gasteiger charge is 2.09. The number of nitrogens with zero attached hydrogens (tertiary/aromatic N) is 3. The van der Waals surface area contributed by atoms with Gasteiger partial charge in [-0.2, -0.15) is 0 Å². The topological polar surface area (TPSA) is 75.8 Å². The maximum atomic E-state index is 5.89. The standard InChI is InChI=1S/C15H27N5OS.HI/c1-12-14(22-13(2)19-12)4-6-18-15(16)17-5-3-7-20-8-10-21-11-9-20;/h3-11H2,1-2H3,(H3,16,17,18);1H. The number of halogens is 1. The van der Waals surface area contributed by atoms with Gasteiger partial charge in [0.1, 0.15) is 0 Å². The number of aromatic nitrogens is 1. The number of aliphatic imine (C=N–C) groups is 1. The van der Waals surface area contributed by atoms with E-state index in [9.17, 15) is 0 Å². The van der Waals surface area contributed by atoms with E-state index in [0.717, 1.165) is 69.5 Å². The predicted molar refractivity (Wildman–Crippen MR) is 107 cm³/mol. The summed E-state index contributed by atoms with van der Waals surface area (Å²) in [4.78, 5) is 12.5. The van der Waals surface area contributed by atoms with Gasteiger partial charge in [-0.3, -0.25) is 9.89 Å². The Morgan fingerprint density at radius 1 is 1.39 bits per heavy atom. The lowest BCUT2D eigenvalue weighted by molar-refractivity contribution is 0.0377. The highest BCUT2D eigenvalue weighted by molar-refractivity contribution is 14.0. The van der Waals surface area contributed by atoms with Crippen molar-refractivity contribution in [2.45, 2.75) is 26.7 Å². The van der Waals surface area contributed by atoms with Gasteiger partial charge in [-0.25, -0.2) is 4.98 Å². The summed E-state index contributed by atoms with van der Waals surface area (Å²) in [5.41, 5.74) is 7.02. The van der Waals surface area contributed by atoms with Crippen LogP contribution in [0.5, 0.6) is 0 Å². The Hall–Kier alpha value is -0.450. The summed E-state index contributed by atoms with van der Waals surface area (Å²) in [5.74, 6) is 0.542. The van der Waals surface area contributed by atoms with Crippen LogP contribution in [0.15, 0.2) is 4.99 Å². The van der Waals surface area contributed by atoms with Gasteiger partial charge in [-0.1, -0.05) is 0 Å². The van der Waals surface area contributed by atoms with Gasteiger partial charge < -0.3 is 15.8 Å². The SMILES string of the molecule is Cc1nc(C)c(CCNC(N)=NCCCN2CCOCC2)s1.I. The molecule has 2 heterocycles. The van der Waals surface area contributed by atoms with Crippen LogP contribution < -0.4 is 11.1 Å². The van der Waals surface area contributed by atoms with E-state index >= 15 is 0 Å². The van der Waals surface area contributed by atoms with Crippen LogP contribution in [0.3, 0.4) is 0 Å². The summed E-state index contributed by atoms with van der Waals surface area (Å²) in [6.07, 6.45) is 1.98. The molecule has 0 aromatic carbocycles. The van der Waals surface area contributed by atoms with Crippen molar-refractivity contribution in [3.8, 4) is 0 Å². The number of guanidine groups is 1. The van der Waals surface area contributed by atoms with Crippen molar-refractivity contribution >= 4 is 41.3 Å². The number of nitrogens with two attached hydrogens (primary N) is 1. The summed E-state index contributed by atoms with van der Waals surface area (Å²) in [7, 11) is 0. The molecule has 0 amide bonds. The molecule has 0 aliphatic carbocycles. The van der Waals surface area contributed by atoms with Crippen molar-refractivity contribution in [1.82, 2.24) is 15.2 Å². The van der Waals surface area contributed by atoms with Gasteiger partial charge >= 0.3 is 0 Å². The monoisotopic (exact) mass is 453 g/mol. The number of aryl methyl sites for hydroxylation is 2. The fraction of sp³-hybridized carbons (Fsp3) is 0.733. The number of thiazole rings is 1. The van der Waals surface area contributed by atoms with Crippen LogP contribution in [0.25, 0.3) is 0 Å². The molecule has 1 fully saturated rings. The molecule has 0 radical (unpaired) electrons. The summed E-state index contributed by atoms with van der Waals surface area (Å²) in [5, 5.41) is 4.30. The molecule has 0 unspecified atom stereocenters. The zero-order valence-electron chi connectivity index (χ0n) is 14.0. The maximum absolute atomic E-state index is 5.89. The van der Waals surface area contributed by atoms with Crippen LogP contribution in [0.2, 0.25) is 0 Å². The molecule has 1 saturated heterocycles. The van der Waals surface area contributed by atoms with Crippen molar-refractivity contribution in [2.75, 3.05) is 45.9 Å². The Morgan fingerprint density at radius 2 is 2.13 bits per heavy atom. The molecular weight excluding hydrogens is 425 g/mol. The number of ether oxygens (including phenoxy) is 1. The molecule has 1 aliphatic heterocycles. The zero-order chi connectivity index (χ0) is 15.8. The van der Waals surface area contributed by atoms with Crippen LogP contribution in [-0.2, 0) is 11.2 Å².